The lowest BCUT2D eigenvalue weighted by molar-refractivity contribution is 0.315. The molecular weight excluding hydrogens is 310 g/mol. The summed E-state index contributed by atoms with van der Waals surface area (Å²) in [6, 6.07) is 11.2. The van der Waals surface area contributed by atoms with E-state index in [0.717, 1.165) is 24.8 Å². The number of fused-ring (bicyclic) bond motifs is 2. The van der Waals surface area contributed by atoms with Gasteiger partial charge in [-0.05, 0) is 67.1 Å². The van der Waals surface area contributed by atoms with E-state index in [1.807, 2.05) is 37.3 Å². The third kappa shape index (κ3) is 2.39. The summed E-state index contributed by atoms with van der Waals surface area (Å²) >= 11 is 0. The number of aryl methyl sites for hydroxylation is 3. The molecule has 0 bridgehead atoms. The molecule has 1 aliphatic heterocycles. The van der Waals surface area contributed by atoms with Crippen LogP contribution in [0, 0.1) is 6.92 Å². The van der Waals surface area contributed by atoms with Crippen LogP contribution in [0.4, 0.5) is 5.69 Å². The zero-order chi connectivity index (χ0) is 16.0. The van der Waals surface area contributed by atoms with Crippen molar-refractivity contribution in [3.8, 4) is 5.75 Å². The standard InChI is InChI=1S/C18H19NO3S/c1-13-5-8-18-17(11-13)19(9-10-22-18)23(20,21)16-7-6-14-3-2-4-15(14)12-16/h5-8,11-12H,2-4,9-10H2,1H3. The summed E-state index contributed by atoms with van der Waals surface area (Å²) in [6.45, 7) is 2.67. The average molecular weight is 329 g/mol. The highest BCUT2D eigenvalue weighted by atomic mass is 32.2. The molecule has 0 radical (unpaired) electrons. The van der Waals surface area contributed by atoms with E-state index in [9.17, 15) is 8.42 Å². The highest BCUT2D eigenvalue weighted by Crippen LogP contribution is 2.36. The van der Waals surface area contributed by atoms with Crippen molar-refractivity contribution in [1.29, 1.82) is 0 Å². The maximum Gasteiger partial charge on any atom is 0.264 e. The molecule has 0 spiro atoms. The van der Waals surface area contributed by atoms with E-state index in [0.29, 0.717) is 29.5 Å². The fourth-order valence-corrected chi connectivity index (χ4v) is 4.89. The Hall–Kier alpha value is -2.01. The molecule has 4 nitrogen and oxygen atoms in total. The molecule has 5 heteroatoms. The third-order valence-corrected chi connectivity index (χ3v) is 6.40. The van der Waals surface area contributed by atoms with E-state index in [2.05, 4.69) is 0 Å². The lowest BCUT2D eigenvalue weighted by Gasteiger charge is -2.30. The maximum atomic E-state index is 13.1. The molecule has 0 unspecified atom stereocenters. The predicted octanol–water partition coefficient (Wildman–Crippen LogP) is 3.07. The maximum absolute atomic E-state index is 13.1. The number of hydrogen-bond acceptors (Lipinski definition) is 3. The Morgan fingerprint density at radius 2 is 1.87 bits per heavy atom. The highest BCUT2D eigenvalue weighted by molar-refractivity contribution is 7.92. The van der Waals surface area contributed by atoms with Gasteiger partial charge in [0.1, 0.15) is 12.4 Å². The zero-order valence-corrected chi connectivity index (χ0v) is 13.9. The Morgan fingerprint density at radius 3 is 2.74 bits per heavy atom. The second kappa shape index (κ2) is 5.27. The van der Waals surface area contributed by atoms with Crippen molar-refractivity contribution in [2.24, 2.45) is 0 Å². The van der Waals surface area contributed by atoms with Gasteiger partial charge in [-0.25, -0.2) is 8.42 Å². The Labute approximate surface area is 136 Å². The first-order valence-corrected chi connectivity index (χ1v) is 9.38. The molecule has 23 heavy (non-hydrogen) atoms. The summed E-state index contributed by atoms with van der Waals surface area (Å²) in [5.41, 5.74) is 4.10. The monoisotopic (exact) mass is 329 g/mol. The van der Waals surface area contributed by atoms with Gasteiger partial charge in [0.05, 0.1) is 17.1 Å². The van der Waals surface area contributed by atoms with Crippen LogP contribution in [-0.4, -0.2) is 21.6 Å². The van der Waals surface area contributed by atoms with Crippen LogP contribution < -0.4 is 9.04 Å². The largest absolute Gasteiger partial charge is 0.489 e. The summed E-state index contributed by atoms with van der Waals surface area (Å²) in [7, 11) is -3.56. The molecule has 0 saturated carbocycles. The zero-order valence-electron chi connectivity index (χ0n) is 13.1. The van der Waals surface area contributed by atoms with Gasteiger partial charge in [0.15, 0.2) is 0 Å². The van der Waals surface area contributed by atoms with Crippen molar-refractivity contribution in [3.63, 3.8) is 0 Å². The molecule has 120 valence electrons. The molecule has 0 saturated heterocycles. The Morgan fingerprint density at radius 1 is 1.04 bits per heavy atom. The number of ether oxygens (including phenoxy) is 1. The molecule has 0 fully saturated rings. The predicted molar refractivity (Wildman–Crippen MR) is 89.7 cm³/mol. The van der Waals surface area contributed by atoms with Gasteiger partial charge in [0.2, 0.25) is 0 Å². The summed E-state index contributed by atoms with van der Waals surface area (Å²) in [5.74, 6) is 0.631. The molecule has 1 aliphatic carbocycles. The minimum Gasteiger partial charge on any atom is -0.489 e. The van der Waals surface area contributed by atoms with Crippen molar-refractivity contribution in [1.82, 2.24) is 0 Å². The first-order chi connectivity index (χ1) is 11.1. The smallest absolute Gasteiger partial charge is 0.264 e. The summed E-state index contributed by atoms with van der Waals surface area (Å²) in [6.07, 6.45) is 3.13. The van der Waals surface area contributed by atoms with Crippen LogP contribution in [0.25, 0.3) is 0 Å². The van der Waals surface area contributed by atoms with Crippen LogP contribution >= 0.6 is 0 Å². The van der Waals surface area contributed by atoms with Crippen LogP contribution in [0.15, 0.2) is 41.3 Å². The fourth-order valence-electron chi connectivity index (χ4n) is 3.39. The number of nitrogens with zero attached hydrogens (tertiary/aromatic N) is 1. The molecule has 0 aromatic heterocycles. The van der Waals surface area contributed by atoms with Gasteiger partial charge in [-0.2, -0.15) is 0 Å². The molecule has 4 rings (SSSR count). The van der Waals surface area contributed by atoms with Gasteiger partial charge >= 0.3 is 0 Å². The molecule has 2 aromatic carbocycles. The van der Waals surface area contributed by atoms with Crippen LogP contribution in [0.5, 0.6) is 5.75 Å². The quantitative estimate of drug-likeness (QED) is 0.851. The van der Waals surface area contributed by atoms with Crippen molar-refractivity contribution < 1.29 is 13.2 Å². The number of anilines is 1. The van der Waals surface area contributed by atoms with E-state index in [1.165, 1.54) is 15.4 Å². The second-order valence-corrected chi connectivity index (χ2v) is 8.04. The van der Waals surface area contributed by atoms with Crippen molar-refractivity contribution in [2.75, 3.05) is 17.5 Å². The van der Waals surface area contributed by atoms with Crippen LogP contribution in [0.1, 0.15) is 23.1 Å². The highest BCUT2D eigenvalue weighted by Gasteiger charge is 2.30. The van der Waals surface area contributed by atoms with Gasteiger partial charge < -0.3 is 4.74 Å². The molecule has 0 atom stereocenters. The number of sulfonamides is 1. The lowest BCUT2D eigenvalue weighted by Crippen LogP contribution is -2.38. The Balaban J connectivity index is 1.80. The Kier molecular flexibility index (Phi) is 3.34. The molecule has 2 aromatic rings. The van der Waals surface area contributed by atoms with Gasteiger partial charge in [-0.15, -0.1) is 0 Å². The third-order valence-electron chi connectivity index (χ3n) is 4.59. The lowest BCUT2D eigenvalue weighted by atomic mass is 10.1. The first-order valence-electron chi connectivity index (χ1n) is 7.94. The van der Waals surface area contributed by atoms with Gasteiger partial charge in [-0.3, -0.25) is 4.31 Å². The normalized spacial score (nSPS) is 16.7. The fraction of sp³-hybridized carbons (Fsp3) is 0.333. The minimum atomic E-state index is -3.56. The summed E-state index contributed by atoms with van der Waals surface area (Å²) in [5, 5.41) is 0. The number of hydrogen-bond donors (Lipinski definition) is 0. The Bertz CT molecular complexity index is 874. The van der Waals surface area contributed by atoms with E-state index >= 15 is 0 Å². The summed E-state index contributed by atoms with van der Waals surface area (Å²) in [4.78, 5) is 0.382. The van der Waals surface area contributed by atoms with E-state index in [-0.39, 0.29) is 0 Å². The van der Waals surface area contributed by atoms with E-state index in [4.69, 9.17) is 4.74 Å². The molecular formula is C18H19NO3S. The van der Waals surface area contributed by atoms with E-state index in [1.54, 1.807) is 6.07 Å². The first kappa shape index (κ1) is 14.6. The number of rotatable bonds is 2. The SMILES string of the molecule is Cc1ccc2c(c1)N(S(=O)(=O)c1ccc3c(c1)CCC3)CCO2. The second-order valence-electron chi connectivity index (χ2n) is 6.18. The van der Waals surface area contributed by atoms with Crippen molar-refractivity contribution in [3.05, 3.63) is 53.1 Å². The van der Waals surface area contributed by atoms with Crippen LogP contribution in [0.2, 0.25) is 0 Å². The van der Waals surface area contributed by atoms with Crippen LogP contribution in [-0.2, 0) is 22.9 Å². The van der Waals surface area contributed by atoms with Gasteiger partial charge in [0, 0.05) is 0 Å². The van der Waals surface area contributed by atoms with Gasteiger partial charge in [-0.1, -0.05) is 12.1 Å². The molecule has 0 amide bonds. The molecule has 0 N–H and O–H groups in total. The van der Waals surface area contributed by atoms with Gasteiger partial charge in [0.25, 0.3) is 10.0 Å². The average Bonchev–Trinajstić information content (AvgIpc) is 3.01. The summed E-state index contributed by atoms with van der Waals surface area (Å²) < 4.78 is 33.4. The van der Waals surface area contributed by atoms with Crippen LogP contribution in [0.3, 0.4) is 0 Å². The molecule has 1 heterocycles. The van der Waals surface area contributed by atoms with Crippen molar-refractivity contribution >= 4 is 15.7 Å². The van der Waals surface area contributed by atoms with E-state index < -0.39 is 10.0 Å². The van der Waals surface area contributed by atoms with Crippen molar-refractivity contribution in [2.45, 2.75) is 31.1 Å². The minimum absolute atomic E-state index is 0.343. The molecule has 2 aliphatic rings. The topological polar surface area (TPSA) is 46.6 Å². The number of benzene rings is 2.